The molecule has 0 amide bonds. The smallest absolute Gasteiger partial charge is 0.377 e. The lowest BCUT2D eigenvalue weighted by Gasteiger charge is -2.26. The number of hydrogen-bond donors (Lipinski definition) is 0. The maximum Gasteiger partial charge on any atom is 0.416 e. The minimum absolute atomic E-state index is 0.248. The molecular weight excluding hydrogens is 358 g/mol. The molecule has 1 aliphatic carbocycles. The summed E-state index contributed by atoms with van der Waals surface area (Å²) in [5.74, 6) is -0.359. The number of hydrogen-bond acceptors (Lipinski definition) is 1. The Balaban J connectivity index is 2.54. The fourth-order valence-corrected chi connectivity index (χ4v) is 3.08. The number of nitrogens with zero attached hydrogens (tertiary/aromatic N) is 1. The standard InChI is InChI=1S/C15H13Cl3F3N/c1-22(2)13-4-3-9(15(19,20)21)7-10(13)8-5-11(16)14(18)12(17)6-8/h3-5,7-8H,6H2,1-2H3. The molecule has 0 aromatic heterocycles. The van der Waals surface area contributed by atoms with E-state index in [0.29, 0.717) is 22.7 Å². The molecule has 7 heteroatoms. The fourth-order valence-electron chi connectivity index (χ4n) is 2.36. The SMILES string of the molecule is CN(C)c1ccc(C(F)(F)F)cc1C1C=C(Cl)C(Cl)=C(Cl)C1. The van der Waals surface area contributed by atoms with Crippen LogP contribution >= 0.6 is 34.8 Å². The summed E-state index contributed by atoms with van der Waals surface area (Å²) in [4.78, 5) is 1.76. The van der Waals surface area contributed by atoms with Gasteiger partial charge in [-0.2, -0.15) is 13.2 Å². The zero-order valence-electron chi connectivity index (χ0n) is 11.8. The first-order valence-corrected chi connectivity index (χ1v) is 7.55. The number of benzene rings is 1. The molecule has 0 saturated carbocycles. The molecule has 0 radical (unpaired) electrons. The van der Waals surface area contributed by atoms with E-state index < -0.39 is 11.7 Å². The van der Waals surface area contributed by atoms with Crippen LogP contribution in [0.3, 0.4) is 0 Å². The first-order valence-electron chi connectivity index (χ1n) is 6.41. The maximum atomic E-state index is 13.0. The Morgan fingerprint density at radius 3 is 2.27 bits per heavy atom. The minimum Gasteiger partial charge on any atom is -0.377 e. The van der Waals surface area contributed by atoms with Gasteiger partial charge in [0.25, 0.3) is 0 Å². The van der Waals surface area contributed by atoms with Crippen molar-refractivity contribution in [2.75, 3.05) is 19.0 Å². The van der Waals surface area contributed by atoms with Crippen molar-refractivity contribution < 1.29 is 13.2 Å². The first kappa shape index (κ1) is 17.5. The summed E-state index contributed by atoms with van der Waals surface area (Å²) >= 11 is 18.0. The van der Waals surface area contributed by atoms with Gasteiger partial charge < -0.3 is 4.90 Å². The largest absolute Gasteiger partial charge is 0.416 e. The molecule has 1 nitrogen and oxygen atoms in total. The molecular formula is C15H13Cl3F3N. The molecule has 2 rings (SSSR count). The summed E-state index contributed by atoms with van der Waals surface area (Å²) in [6.45, 7) is 0. The monoisotopic (exact) mass is 369 g/mol. The van der Waals surface area contributed by atoms with Gasteiger partial charge in [-0.25, -0.2) is 0 Å². The van der Waals surface area contributed by atoms with E-state index in [0.717, 1.165) is 12.1 Å². The van der Waals surface area contributed by atoms with Crippen LogP contribution in [0.4, 0.5) is 18.9 Å². The van der Waals surface area contributed by atoms with Crippen molar-refractivity contribution in [2.24, 2.45) is 0 Å². The van der Waals surface area contributed by atoms with Crippen molar-refractivity contribution in [1.29, 1.82) is 0 Å². The first-order chi connectivity index (χ1) is 10.1. The number of alkyl halides is 3. The van der Waals surface area contributed by atoms with Crippen LogP contribution in [0.15, 0.2) is 39.4 Å². The Labute approximate surface area is 141 Å². The minimum atomic E-state index is -4.40. The Bertz CT molecular complexity index is 648. The second-order valence-electron chi connectivity index (χ2n) is 5.21. The molecule has 0 N–H and O–H groups in total. The van der Waals surface area contributed by atoms with Gasteiger partial charge in [0.1, 0.15) is 0 Å². The Morgan fingerprint density at radius 2 is 1.77 bits per heavy atom. The molecule has 0 heterocycles. The molecule has 0 aliphatic heterocycles. The summed E-state index contributed by atoms with van der Waals surface area (Å²) in [5, 5.41) is 0.851. The van der Waals surface area contributed by atoms with E-state index in [9.17, 15) is 13.2 Å². The van der Waals surface area contributed by atoms with E-state index in [1.165, 1.54) is 6.07 Å². The molecule has 120 valence electrons. The topological polar surface area (TPSA) is 3.24 Å². The van der Waals surface area contributed by atoms with Crippen LogP contribution in [0.1, 0.15) is 23.5 Å². The van der Waals surface area contributed by atoms with Crippen molar-refractivity contribution in [1.82, 2.24) is 0 Å². The summed E-state index contributed by atoms with van der Waals surface area (Å²) in [6, 6.07) is 3.66. The third-order valence-electron chi connectivity index (χ3n) is 3.43. The normalized spacial score (nSPS) is 19.3. The third kappa shape index (κ3) is 3.55. The van der Waals surface area contributed by atoms with Gasteiger partial charge >= 0.3 is 6.18 Å². The summed E-state index contributed by atoms with van der Waals surface area (Å²) in [7, 11) is 3.54. The van der Waals surface area contributed by atoms with E-state index >= 15 is 0 Å². The predicted octanol–water partition coefficient (Wildman–Crippen LogP) is 6.07. The van der Waals surface area contributed by atoms with Crippen LogP contribution < -0.4 is 4.90 Å². The predicted molar refractivity (Wildman–Crippen MR) is 85.8 cm³/mol. The zero-order valence-corrected chi connectivity index (χ0v) is 14.1. The zero-order chi connectivity index (χ0) is 16.7. The molecule has 1 unspecified atom stereocenters. The molecule has 1 atom stereocenters. The molecule has 0 fully saturated rings. The van der Waals surface area contributed by atoms with Crippen molar-refractivity contribution in [2.45, 2.75) is 18.5 Å². The second-order valence-corrected chi connectivity index (χ2v) is 6.45. The van der Waals surface area contributed by atoms with Crippen LogP contribution in [0.5, 0.6) is 0 Å². The van der Waals surface area contributed by atoms with Crippen molar-refractivity contribution in [3.05, 3.63) is 50.5 Å². The van der Waals surface area contributed by atoms with E-state index in [2.05, 4.69) is 0 Å². The van der Waals surface area contributed by atoms with Gasteiger partial charge in [-0.1, -0.05) is 40.9 Å². The average Bonchev–Trinajstić information content (AvgIpc) is 2.42. The van der Waals surface area contributed by atoms with Gasteiger partial charge in [0.05, 0.1) is 15.6 Å². The van der Waals surface area contributed by atoms with Crippen LogP contribution in [0.2, 0.25) is 0 Å². The highest BCUT2D eigenvalue weighted by molar-refractivity contribution is 6.48. The highest BCUT2D eigenvalue weighted by atomic mass is 35.5. The lowest BCUT2D eigenvalue weighted by Crippen LogP contribution is -2.16. The van der Waals surface area contributed by atoms with Gasteiger partial charge in [-0.15, -0.1) is 0 Å². The number of allylic oxidation sites excluding steroid dienone is 4. The van der Waals surface area contributed by atoms with Crippen LogP contribution in [0, 0.1) is 0 Å². The molecule has 22 heavy (non-hydrogen) atoms. The van der Waals surface area contributed by atoms with E-state index in [1.807, 2.05) is 0 Å². The molecule has 0 saturated heterocycles. The van der Waals surface area contributed by atoms with E-state index in [1.54, 1.807) is 25.1 Å². The summed E-state index contributed by atoms with van der Waals surface area (Å²) in [5.41, 5.74) is 0.496. The van der Waals surface area contributed by atoms with E-state index in [4.69, 9.17) is 34.8 Å². The number of anilines is 1. The van der Waals surface area contributed by atoms with Crippen molar-refractivity contribution in [3.63, 3.8) is 0 Å². The van der Waals surface area contributed by atoms with Gasteiger partial charge in [-0.3, -0.25) is 0 Å². The van der Waals surface area contributed by atoms with Gasteiger partial charge in [0.15, 0.2) is 0 Å². The van der Waals surface area contributed by atoms with Crippen LogP contribution in [-0.2, 0) is 6.18 Å². The van der Waals surface area contributed by atoms with Crippen molar-refractivity contribution >= 4 is 40.5 Å². The van der Waals surface area contributed by atoms with Crippen molar-refractivity contribution in [3.8, 4) is 0 Å². The summed E-state index contributed by atoms with van der Waals surface area (Å²) < 4.78 is 38.9. The highest BCUT2D eigenvalue weighted by Crippen LogP contribution is 2.43. The van der Waals surface area contributed by atoms with Crippen LogP contribution in [-0.4, -0.2) is 14.1 Å². The molecule has 0 bridgehead atoms. The average molecular weight is 371 g/mol. The van der Waals surface area contributed by atoms with Gasteiger partial charge in [0.2, 0.25) is 0 Å². The van der Waals surface area contributed by atoms with Crippen LogP contribution in [0.25, 0.3) is 0 Å². The van der Waals surface area contributed by atoms with Gasteiger partial charge in [-0.05, 0) is 30.2 Å². The quantitative estimate of drug-likeness (QED) is 0.610. The Morgan fingerprint density at radius 1 is 1.14 bits per heavy atom. The molecule has 1 aromatic carbocycles. The number of halogens is 6. The molecule has 0 spiro atoms. The highest BCUT2D eigenvalue weighted by Gasteiger charge is 2.32. The molecule has 1 aromatic rings. The second kappa shape index (κ2) is 6.34. The van der Waals surface area contributed by atoms with Gasteiger partial charge in [0, 0.05) is 30.7 Å². The third-order valence-corrected chi connectivity index (χ3v) is 4.71. The molecule has 1 aliphatic rings. The van der Waals surface area contributed by atoms with E-state index in [-0.39, 0.29) is 16.0 Å². The number of rotatable bonds is 2. The lowest BCUT2D eigenvalue weighted by atomic mass is 9.89. The lowest BCUT2D eigenvalue weighted by molar-refractivity contribution is -0.137. The Kier molecular flexibility index (Phi) is 5.05. The fraction of sp³-hybridized carbons (Fsp3) is 0.333. The Hall–Kier alpha value is -0.840. The summed E-state index contributed by atoms with van der Waals surface area (Å²) in [6.07, 6.45) is -2.45. The maximum absolute atomic E-state index is 13.0.